The smallest absolute Gasteiger partial charge is 0.223 e. The van der Waals surface area contributed by atoms with E-state index in [1.807, 2.05) is 23.1 Å². The number of carbonyl (C=O) groups excluding carboxylic acids is 1. The molecule has 0 spiro atoms. The van der Waals surface area contributed by atoms with Crippen molar-refractivity contribution >= 4 is 5.91 Å². The molecule has 0 saturated carbocycles. The number of halogens is 2. The van der Waals surface area contributed by atoms with E-state index in [1.54, 1.807) is 12.1 Å². The summed E-state index contributed by atoms with van der Waals surface area (Å²) in [7, 11) is 0. The summed E-state index contributed by atoms with van der Waals surface area (Å²) in [6, 6.07) is 14.1. The summed E-state index contributed by atoms with van der Waals surface area (Å²) in [5.41, 5.74) is 3.16. The standard InChI is InChI=1S/C21H22F2N2O/c22-17-7-5-15(6-8-17)21-18-4-2-1-3-14(18)9-10-25(21)20(26)11-16-12-24-13-19(16)23/h1-8,16,19,21,24H,9-13H2/t16-,19-,21+/m1/s1. The molecular weight excluding hydrogens is 334 g/mol. The quantitative estimate of drug-likeness (QED) is 0.916. The lowest BCUT2D eigenvalue weighted by Crippen LogP contribution is -2.41. The van der Waals surface area contributed by atoms with Gasteiger partial charge in [0.1, 0.15) is 12.0 Å². The van der Waals surface area contributed by atoms with E-state index in [4.69, 9.17) is 0 Å². The van der Waals surface area contributed by atoms with Gasteiger partial charge in [-0.1, -0.05) is 36.4 Å². The summed E-state index contributed by atoms with van der Waals surface area (Å²) >= 11 is 0. The van der Waals surface area contributed by atoms with Gasteiger partial charge in [0.05, 0.1) is 6.04 Å². The summed E-state index contributed by atoms with van der Waals surface area (Å²) in [6.07, 6.45) is 0.00981. The van der Waals surface area contributed by atoms with Crippen LogP contribution in [0.4, 0.5) is 8.78 Å². The minimum atomic E-state index is -0.972. The van der Waals surface area contributed by atoms with Crippen molar-refractivity contribution in [2.24, 2.45) is 5.92 Å². The number of nitrogens with one attached hydrogen (secondary N) is 1. The van der Waals surface area contributed by atoms with E-state index in [9.17, 15) is 13.6 Å². The van der Waals surface area contributed by atoms with Gasteiger partial charge in [0.25, 0.3) is 0 Å². The molecule has 0 radical (unpaired) electrons. The Labute approximate surface area is 152 Å². The number of hydrogen-bond donors (Lipinski definition) is 1. The van der Waals surface area contributed by atoms with Crippen LogP contribution in [-0.4, -0.2) is 36.6 Å². The van der Waals surface area contributed by atoms with Gasteiger partial charge in [-0.2, -0.15) is 0 Å². The molecule has 0 unspecified atom stereocenters. The molecule has 0 bridgehead atoms. The van der Waals surface area contributed by atoms with Crippen LogP contribution in [0.25, 0.3) is 0 Å². The number of fused-ring (bicyclic) bond motifs is 1. The molecule has 0 aliphatic carbocycles. The van der Waals surface area contributed by atoms with Gasteiger partial charge in [0.15, 0.2) is 0 Å². The van der Waals surface area contributed by atoms with Gasteiger partial charge in [0, 0.05) is 32.0 Å². The maximum Gasteiger partial charge on any atom is 0.223 e. The molecule has 2 heterocycles. The average Bonchev–Trinajstić information content (AvgIpc) is 3.06. The first-order valence-corrected chi connectivity index (χ1v) is 9.11. The molecule has 1 N–H and O–H groups in total. The number of nitrogens with zero attached hydrogens (tertiary/aromatic N) is 1. The summed E-state index contributed by atoms with van der Waals surface area (Å²) in [5, 5.41) is 3.01. The number of amides is 1. The monoisotopic (exact) mass is 356 g/mol. The molecule has 3 atom stereocenters. The van der Waals surface area contributed by atoms with Gasteiger partial charge in [0.2, 0.25) is 5.91 Å². The lowest BCUT2D eigenvalue weighted by Gasteiger charge is -2.38. The average molecular weight is 356 g/mol. The third-order valence-corrected chi connectivity index (χ3v) is 5.48. The van der Waals surface area contributed by atoms with E-state index in [-0.39, 0.29) is 30.1 Å². The second-order valence-corrected chi connectivity index (χ2v) is 7.13. The van der Waals surface area contributed by atoms with Gasteiger partial charge in [-0.05, 0) is 35.2 Å². The number of hydrogen-bond acceptors (Lipinski definition) is 2. The van der Waals surface area contributed by atoms with Crippen molar-refractivity contribution in [3.8, 4) is 0 Å². The Morgan fingerprint density at radius 3 is 2.62 bits per heavy atom. The van der Waals surface area contributed by atoms with Crippen molar-refractivity contribution < 1.29 is 13.6 Å². The highest BCUT2D eigenvalue weighted by molar-refractivity contribution is 5.78. The second kappa shape index (κ2) is 7.16. The maximum atomic E-state index is 13.9. The zero-order valence-corrected chi connectivity index (χ0v) is 14.5. The van der Waals surface area contributed by atoms with Crippen LogP contribution in [0.15, 0.2) is 48.5 Å². The molecule has 1 fully saturated rings. The lowest BCUT2D eigenvalue weighted by atomic mass is 9.87. The molecule has 136 valence electrons. The first-order valence-electron chi connectivity index (χ1n) is 9.11. The van der Waals surface area contributed by atoms with Crippen molar-refractivity contribution in [1.29, 1.82) is 0 Å². The van der Waals surface area contributed by atoms with E-state index < -0.39 is 6.17 Å². The van der Waals surface area contributed by atoms with E-state index >= 15 is 0 Å². The van der Waals surface area contributed by atoms with E-state index in [1.165, 1.54) is 17.7 Å². The van der Waals surface area contributed by atoms with E-state index in [0.717, 1.165) is 17.5 Å². The maximum absolute atomic E-state index is 13.9. The van der Waals surface area contributed by atoms with Gasteiger partial charge >= 0.3 is 0 Å². The van der Waals surface area contributed by atoms with Crippen LogP contribution in [0, 0.1) is 11.7 Å². The van der Waals surface area contributed by atoms with Gasteiger partial charge in [-0.3, -0.25) is 4.79 Å². The topological polar surface area (TPSA) is 32.3 Å². The third-order valence-electron chi connectivity index (χ3n) is 5.48. The predicted octanol–water partition coefficient (Wildman–Crippen LogP) is 3.25. The highest BCUT2D eigenvalue weighted by atomic mass is 19.1. The molecule has 2 aliphatic rings. The highest BCUT2D eigenvalue weighted by Gasteiger charge is 2.35. The highest BCUT2D eigenvalue weighted by Crippen LogP contribution is 2.36. The minimum absolute atomic E-state index is 0.0369. The first-order chi connectivity index (χ1) is 12.6. The molecule has 0 aromatic heterocycles. The molecule has 1 saturated heterocycles. The van der Waals surface area contributed by atoms with Crippen LogP contribution in [-0.2, 0) is 11.2 Å². The van der Waals surface area contributed by atoms with Crippen LogP contribution in [0.2, 0.25) is 0 Å². The minimum Gasteiger partial charge on any atom is -0.331 e. The molecule has 5 heteroatoms. The Balaban J connectivity index is 1.66. The van der Waals surface area contributed by atoms with Gasteiger partial charge in [-0.15, -0.1) is 0 Å². The Morgan fingerprint density at radius 1 is 1.12 bits per heavy atom. The SMILES string of the molecule is O=C(C[C@@H]1CNC[C@H]1F)N1CCc2ccccc2[C@@H]1c1ccc(F)cc1. The van der Waals surface area contributed by atoms with Crippen LogP contribution < -0.4 is 5.32 Å². The number of benzene rings is 2. The van der Waals surface area contributed by atoms with Crippen molar-refractivity contribution in [3.05, 3.63) is 71.0 Å². The lowest BCUT2D eigenvalue weighted by molar-refractivity contribution is -0.134. The molecule has 2 aliphatic heterocycles. The fourth-order valence-corrected chi connectivity index (χ4v) is 4.08. The third kappa shape index (κ3) is 3.23. The zero-order valence-electron chi connectivity index (χ0n) is 14.5. The Kier molecular flexibility index (Phi) is 4.72. The van der Waals surface area contributed by atoms with Crippen molar-refractivity contribution in [3.63, 3.8) is 0 Å². The Morgan fingerprint density at radius 2 is 1.88 bits per heavy atom. The fraction of sp³-hybridized carbons (Fsp3) is 0.381. The summed E-state index contributed by atoms with van der Waals surface area (Å²) in [6.45, 7) is 1.45. The molecule has 2 aromatic carbocycles. The Hall–Kier alpha value is -2.27. The molecule has 4 rings (SSSR count). The summed E-state index contributed by atoms with van der Waals surface area (Å²) < 4.78 is 27.3. The second-order valence-electron chi connectivity index (χ2n) is 7.13. The summed E-state index contributed by atoms with van der Waals surface area (Å²) in [5.74, 6) is -0.605. The number of carbonyl (C=O) groups is 1. The van der Waals surface area contributed by atoms with Gasteiger partial charge in [-0.25, -0.2) is 8.78 Å². The van der Waals surface area contributed by atoms with Crippen LogP contribution >= 0.6 is 0 Å². The Bertz CT molecular complexity index is 793. The van der Waals surface area contributed by atoms with Crippen LogP contribution in [0.1, 0.15) is 29.2 Å². The molecule has 2 aromatic rings. The normalized spacial score (nSPS) is 25.2. The molecule has 26 heavy (non-hydrogen) atoms. The number of rotatable bonds is 3. The van der Waals surface area contributed by atoms with Crippen molar-refractivity contribution in [1.82, 2.24) is 10.2 Å². The predicted molar refractivity (Wildman–Crippen MR) is 96.0 cm³/mol. The molecule has 1 amide bonds. The largest absolute Gasteiger partial charge is 0.331 e. The van der Waals surface area contributed by atoms with E-state index in [2.05, 4.69) is 11.4 Å². The van der Waals surface area contributed by atoms with Gasteiger partial charge < -0.3 is 10.2 Å². The summed E-state index contributed by atoms with van der Waals surface area (Å²) in [4.78, 5) is 14.9. The number of alkyl halides is 1. The van der Waals surface area contributed by atoms with Crippen LogP contribution in [0.3, 0.4) is 0 Å². The molecule has 3 nitrogen and oxygen atoms in total. The zero-order chi connectivity index (χ0) is 18.1. The van der Waals surface area contributed by atoms with Crippen molar-refractivity contribution in [2.45, 2.75) is 25.1 Å². The first kappa shape index (κ1) is 17.2. The molecular formula is C21H22F2N2O. The fourth-order valence-electron chi connectivity index (χ4n) is 4.08. The van der Waals surface area contributed by atoms with Crippen molar-refractivity contribution in [2.75, 3.05) is 19.6 Å². The van der Waals surface area contributed by atoms with Crippen LogP contribution in [0.5, 0.6) is 0 Å². The van der Waals surface area contributed by atoms with E-state index in [0.29, 0.717) is 19.6 Å².